The Morgan fingerprint density at radius 1 is 1.05 bits per heavy atom. The first-order chi connectivity index (χ1) is 10.2. The summed E-state index contributed by atoms with van der Waals surface area (Å²) >= 11 is 0. The Morgan fingerprint density at radius 2 is 1.86 bits per heavy atom. The molecule has 3 nitrogen and oxygen atoms in total. The predicted octanol–water partition coefficient (Wildman–Crippen LogP) is 3.69. The summed E-state index contributed by atoms with van der Waals surface area (Å²) < 4.78 is 13.1. The van der Waals surface area contributed by atoms with Crippen LogP contribution in [0.25, 0.3) is 22.5 Å². The maximum Gasteiger partial charge on any atom is 0.123 e. The molecule has 0 atom stereocenters. The minimum Gasteiger partial charge on any atom is -0.508 e. The molecule has 104 valence electrons. The largest absolute Gasteiger partial charge is 0.508 e. The van der Waals surface area contributed by atoms with Crippen LogP contribution in [0.4, 0.5) is 4.39 Å². The van der Waals surface area contributed by atoms with Crippen molar-refractivity contribution in [2.45, 2.75) is 12.8 Å². The summed E-state index contributed by atoms with van der Waals surface area (Å²) in [6, 6.07) is 11.8. The van der Waals surface area contributed by atoms with E-state index in [0.717, 1.165) is 46.5 Å². The third-order valence-corrected chi connectivity index (χ3v) is 3.99. The zero-order valence-electron chi connectivity index (χ0n) is 11.2. The molecule has 1 aliphatic rings. The summed E-state index contributed by atoms with van der Waals surface area (Å²) in [5.74, 6) is 0.0412. The summed E-state index contributed by atoms with van der Waals surface area (Å²) in [4.78, 5) is 0. The van der Waals surface area contributed by atoms with Gasteiger partial charge in [-0.05, 0) is 60.9 Å². The van der Waals surface area contributed by atoms with Crippen molar-refractivity contribution < 1.29 is 9.50 Å². The normalized spacial score (nSPS) is 12.8. The van der Waals surface area contributed by atoms with Crippen molar-refractivity contribution in [3.8, 4) is 28.3 Å². The number of hydrogen-bond donors (Lipinski definition) is 2. The first-order valence-corrected chi connectivity index (χ1v) is 6.88. The fraction of sp³-hybridized carbons (Fsp3) is 0.118. The number of fused-ring (bicyclic) bond motifs is 3. The molecule has 0 spiro atoms. The lowest BCUT2D eigenvalue weighted by molar-refractivity contribution is 0.474. The Morgan fingerprint density at radius 3 is 2.67 bits per heavy atom. The molecule has 1 aromatic heterocycles. The van der Waals surface area contributed by atoms with Gasteiger partial charge in [-0.25, -0.2) is 4.39 Å². The highest BCUT2D eigenvalue weighted by atomic mass is 19.1. The lowest BCUT2D eigenvalue weighted by atomic mass is 9.88. The number of aromatic hydroxyl groups is 1. The van der Waals surface area contributed by atoms with Crippen molar-refractivity contribution in [2.75, 3.05) is 0 Å². The van der Waals surface area contributed by atoms with Crippen LogP contribution in [0.3, 0.4) is 0 Å². The highest BCUT2D eigenvalue weighted by molar-refractivity contribution is 5.78. The standard InChI is InChI=1S/C17H13FN2O/c18-12-4-1-10(2-5-12)16-15-7-3-11-9-13(21)6-8-14(11)17(15)20-19-16/h1-2,4-6,8-9,21H,3,7H2,(H,19,20). The van der Waals surface area contributed by atoms with E-state index in [-0.39, 0.29) is 11.6 Å². The molecule has 2 aromatic carbocycles. The molecule has 0 fully saturated rings. The molecule has 1 aliphatic carbocycles. The van der Waals surface area contributed by atoms with Gasteiger partial charge in [0.15, 0.2) is 0 Å². The summed E-state index contributed by atoms with van der Waals surface area (Å²) in [6.45, 7) is 0. The maximum atomic E-state index is 13.1. The van der Waals surface area contributed by atoms with E-state index in [1.165, 1.54) is 12.1 Å². The number of phenols is 1. The Kier molecular flexibility index (Phi) is 2.57. The van der Waals surface area contributed by atoms with Crippen LogP contribution in [0.2, 0.25) is 0 Å². The third-order valence-electron chi connectivity index (χ3n) is 3.99. The number of rotatable bonds is 1. The van der Waals surface area contributed by atoms with Gasteiger partial charge in [-0.1, -0.05) is 0 Å². The average Bonchev–Trinajstić information content (AvgIpc) is 2.92. The van der Waals surface area contributed by atoms with Gasteiger partial charge in [0.1, 0.15) is 11.6 Å². The Labute approximate surface area is 121 Å². The second-order valence-electron chi connectivity index (χ2n) is 5.27. The zero-order valence-corrected chi connectivity index (χ0v) is 11.2. The van der Waals surface area contributed by atoms with Gasteiger partial charge in [-0.15, -0.1) is 0 Å². The molecule has 0 unspecified atom stereocenters. The number of aromatic amines is 1. The first kappa shape index (κ1) is 12.1. The van der Waals surface area contributed by atoms with Crippen LogP contribution in [-0.2, 0) is 12.8 Å². The number of nitrogens with zero attached hydrogens (tertiary/aromatic N) is 1. The highest BCUT2D eigenvalue weighted by Crippen LogP contribution is 2.38. The molecule has 4 heteroatoms. The molecule has 4 rings (SSSR count). The minimum absolute atomic E-state index is 0.246. The summed E-state index contributed by atoms with van der Waals surface area (Å²) in [5.41, 5.74) is 6.14. The molecule has 0 bridgehead atoms. The number of aromatic nitrogens is 2. The smallest absolute Gasteiger partial charge is 0.123 e. The SMILES string of the molecule is Oc1ccc2c(c1)CCc1c(-c3ccc(F)cc3)n[nH]c1-2. The fourth-order valence-electron chi connectivity index (χ4n) is 2.97. The van der Waals surface area contributed by atoms with Crippen LogP contribution in [0.1, 0.15) is 11.1 Å². The second-order valence-corrected chi connectivity index (χ2v) is 5.27. The predicted molar refractivity (Wildman–Crippen MR) is 78.5 cm³/mol. The molecular weight excluding hydrogens is 267 g/mol. The molecule has 21 heavy (non-hydrogen) atoms. The van der Waals surface area contributed by atoms with Gasteiger partial charge in [0.25, 0.3) is 0 Å². The molecule has 3 aromatic rings. The quantitative estimate of drug-likeness (QED) is 0.714. The Balaban J connectivity index is 1.86. The number of nitrogens with one attached hydrogen (secondary N) is 1. The van der Waals surface area contributed by atoms with Crippen LogP contribution in [0.5, 0.6) is 5.75 Å². The summed E-state index contributed by atoms with van der Waals surface area (Å²) in [6.07, 6.45) is 1.72. The van der Waals surface area contributed by atoms with Crippen molar-refractivity contribution >= 4 is 0 Å². The van der Waals surface area contributed by atoms with Crippen molar-refractivity contribution in [1.29, 1.82) is 0 Å². The number of benzene rings is 2. The molecule has 0 radical (unpaired) electrons. The minimum atomic E-state index is -0.246. The molecule has 0 amide bonds. The number of halogens is 1. The van der Waals surface area contributed by atoms with E-state index in [2.05, 4.69) is 10.2 Å². The summed E-state index contributed by atoms with van der Waals surface area (Å²) in [7, 11) is 0. The third kappa shape index (κ3) is 1.91. The van der Waals surface area contributed by atoms with Gasteiger partial charge in [0.2, 0.25) is 0 Å². The highest BCUT2D eigenvalue weighted by Gasteiger charge is 2.22. The van der Waals surface area contributed by atoms with Gasteiger partial charge in [0, 0.05) is 16.7 Å². The van der Waals surface area contributed by atoms with Gasteiger partial charge in [-0.2, -0.15) is 5.10 Å². The second kappa shape index (κ2) is 4.45. The van der Waals surface area contributed by atoms with E-state index in [1.54, 1.807) is 24.3 Å². The lowest BCUT2D eigenvalue weighted by Crippen LogP contribution is -2.03. The van der Waals surface area contributed by atoms with E-state index >= 15 is 0 Å². The van der Waals surface area contributed by atoms with Crippen LogP contribution < -0.4 is 0 Å². The molecule has 1 heterocycles. The van der Waals surface area contributed by atoms with Crippen LogP contribution in [0.15, 0.2) is 42.5 Å². The number of H-pyrrole nitrogens is 1. The number of hydrogen-bond acceptors (Lipinski definition) is 2. The maximum absolute atomic E-state index is 13.1. The monoisotopic (exact) mass is 280 g/mol. The van der Waals surface area contributed by atoms with Gasteiger partial charge in [-0.3, -0.25) is 5.10 Å². The number of phenolic OH excluding ortho intramolecular Hbond substituents is 1. The first-order valence-electron chi connectivity index (χ1n) is 6.88. The topological polar surface area (TPSA) is 48.9 Å². The molecular formula is C17H13FN2O. The van der Waals surface area contributed by atoms with Crippen molar-refractivity contribution in [2.24, 2.45) is 0 Å². The molecule has 0 aliphatic heterocycles. The van der Waals surface area contributed by atoms with Crippen molar-refractivity contribution in [3.63, 3.8) is 0 Å². The fourth-order valence-corrected chi connectivity index (χ4v) is 2.97. The van der Waals surface area contributed by atoms with Crippen molar-refractivity contribution in [3.05, 3.63) is 59.4 Å². The average molecular weight is 280 g/mol. The van der Waals surface area contributed by atoms with Crippen LogP contribution in [0, 0.1) is 5.82 Å². The molecule has 0 saturated heterocycles. The van der Waals surface area contributed by atoms with E-state index in [9.17, 15) is 9.50 Å². The van der Waals surface area contributed by atoms with Crippen molar-refractivity contribution in [1.82, 2.24) is 10.2 Å². The zero-order chi connectivity index (χ0) is 14.4. The molecule has 0 saturated carbocycles. The van der Waals surface area contributed by atoms with Gasteiger partial charge in [0.05, 0.1) is 11.4 Å². The van der Waals surface area contributed by atoms with E-state index < -0.39 is 0 Å². The molecule has 2 N–H and O–H groups in total. The van der Waals surface area contributed by atoms with Gasteiger partial charge >= 0.3 is 0 Å². The Hall–Kier alpha value is -2.62. The number of aryl methyl sites for hydroxylation is 1. The van der Waals surface area contributed by atoms with Crippen LogP contribution in [-0.4, -0.2) is 15.3 Å². The van der Waals surface area contributed by atoms with E-state index in [1.807, 2.05) is 6.07 Å². The van der Waals surface area contributed by atoms with E-state index in [0.29, 0.717) is 0 Å². The Bertz CT molecular complexity index is 808. The van der Waals surface area contributed by atoms with E-state index in [4.69, 9.17) is 0 Å². The van der Waals surface area contributed by atoms with Gasteiger partial charge < -0.3 is 5.11 Å². The van der Waals surface area contributed by atoms with Crippen LogP contribution >= 0.6 is 0 Å². The lowest BCUT2D eigenvalue weighted by Gasteiger charge is -2.16. The summed E-state index contributed by atoms with van der Waals surface area (Å²) in [5, 5.41) is 17.1.